The Morgan fingerprint density at radius 3 is 2.59 bits per heavy atom. The van der Waals surface area contributed by atoms with Gasteiger partial charge in [0, 0.05) is 5.57 Å². The molecule has 0 unspecified atom stereocenters. The first kappa shape index (κ1) is 16.3. The van der Waals surface area contributed by atoms with Gasteiger partial charge in [-0.2, -0.15) is 13.2 Å². The maximum atomic E-state index is 12.6. The summed E-state index contributed by atoms with van der Waals surface area (Å²) in [4.78, 5) is 11.5. The second-order valence-corrected chi connectivity index (χ2v) is 5.75. The Morgan fingerprint density at radius 2 is 2.00 bits per heavy atom. The molecule has 1 aliphatic carbocycles. The number of hydrogen-bond acceptors (Lipinski definition) is 2. The standard InChI is InChI=1S/C17H17F3O2/c1-10-4-3-5-12(6-10)9-13-7-11(2)8-14(15(13)21)16(22)17(18,19)20/h3-6,9,11,21H,7-8H2,1-2H3/b13-9+/t11-/m1/s1. The molecule has 0 radical (unpaired) electrons. The molecule has 0 amide bonds. The zero-order valence-electron chi connectivity index (χ0n) is 12.4. The summed E-state index contributed by atoms with van der Waals surface area (Å²) >= 11 is 0. The summed E-state index contributed by atoms with van der Waals surface area (Å²) in [5.41, 5.74) is 1.63. The van der Waals surface area contributed by atoms with E-state index in [4.69, 9.17) is 0 Å². The van der Waals surface area contributed by atoms with Crippen molar-refractivity contribution in [1.82, 2.24) is 0 Å². The zero-order valence-corrected chi connectivity index (χ0v) is 12.4. The number of allylic oxidation sites excluding steroid dienone is 2. The van der Waals surface area contributed by atoms with E-state index in [0.29, 0.717) is 12.0 Å². The molecule has 22 heavy (non-hydrogen) atoms. The molecular weight excluding hydrogens is 293 g/mol. The largest absolute Gasteiger partial charge is 0.507 e. The Labute approximate surface area is 127 Å². The van der Waals surface area contributed by atoms with Crippen molar-refractivity contribution in [3.05, 3.63) is 52.3 Å². The Bertz CT molecular complexity index is 654. The molecule has 1 aromatic rings. The van der Waals surface area contributed by atoms with Crippen molar-refractivity contribution < 1.29 is 23.1 Å². The van der Waals surface area contributed by atoms with Crippen LogP contribution in [0.1, 0.15) is 30.9 Å². The predicted octanol–water partition coefficient (Wildman–Crippen LogP) is 4.75. The fourth-order valence-corrected chi connectivity index (χ4v) is 2.64. The number of carbonyl (C=O) groups is 1. The van der Waals surface area contributed by atoms with Crippen molar-refractivity contribution in [1.29, 1.82) is 0 Å². The molecule has 0 fully saturated rings. The molecule has 0 heterocycles. The van der Waals surface area contributed by atoms with Gasteiger partial charge >= 0.3 is 6.18 Å². The maximum absolute atomic E-state index is 12.6. The molecule has 2 nitrogen and oxygen atoms in total. The number of aryl methyl sites for hydroxylation is 1. The van der Waals surface area contributed by atoms with Crippen LogP contribution in [0.3, 0.4) is 0 Å². The van der Waals surface area contributed by atoms with Crippen LogP contribution in [-0.4, -0.2) is 17.1 Å². The second kappa shape index (κ2) is 5.99. The number of Topliss-reactive ketones (excluding diaryl/α,β-unsaturated/α-hetero) is 1. The fourth-order valence-electron chi connectivity index (χ4n) is 2.64. The van der Waals surface area contributed by atoms with Crippen LogP contribution >= 0.6 is 0 Å². The normalized spacial score (nSPS) is 21.3. The number of aliphatic hydroxyl groups is 1. The second-order valence-electron chi connectivity index (χ2n) is 5.75. The summed E-state index contributed by atoms with van der Waals surface area (Å²) in [6.45, 7) is 3.67. The highest BCUT2D eigenvalue weighted by molar-refractivity contribution is 6.01. The summed E-state index contributed by atoms with van der Waals surface area (Å²) in [6.07, 6.45) is -2.94. The highest BCUT2D eigenvalue weighted by atomic mass is 19.4. The highest BCUT2D eigenvalue weighted by Crippen LogP contribution is 2.36. The van der Waals surface area contributed by atoms with Crippen LogP contribution < -0.4 is 0 Å². The monoisotopic (exact) mass is 310 g/mol. The average molecular weight is 310 g/mol. The Balaban J connectivity index is 2.45. The summed E-state index contributed by atoms with van der Waals surface area (Å²) in [7, 11) is 0. The quantitative estimate of drug-likeness (QED) is 0.855. The van der Waals surface area contributed by atoms with E-state index in [1.54, 1.807) is 19.1 Å². The van der Waals surface area contributed by atoms with Gasteiger partial charge in [0.05, 0.1) is 0 Å². The lowest BCUT2D eigenvalue weighted by molar-refractivity contribution is -0.167. The molecule has 0 spiro atoms. The summed E-state index contributed by atoms with van der Waals surface area (Å²) in [5, 5.41) is 10.1. The first-order valence-electron chi connectivity index (χ1n) is 6.99. The van der Waals surface area contributed by atoms with Crippen LogP contribution in [0.25, 0.3) is 6.08 Å². The van der Waals surface area contributed by atoms with Crippen LogP contribution in [0, 0.1) is 12.8 Å². The minimum absolute atomic E-state index is 0.0602. The smallest absolute Gasteiger partial charge is 0.454 e. The van der Waals surface area contributed by atoms with Crippen molar-refractivity contribution in [2.45, 2.75) is 32.9 Å². The number of aliphatic hydroxyl groups excluding tert-OH is 1. The molecule has 0 saturated heterocycles. The summed E-state index contributed by atoms with van der Waals surface area (Å²) < 4.78 is 37.9. The van der Waals surface area contributed by atoms with E-state index in [9.17, 15) is 23.1 Å². The van der Waals surface area contributed by atoms with Gasteiger partial charge in [-0.1, -0.05) is 36.8 Å². The van der Waals surface area contributed by atoms with Gasteiger partial charge in [-0.05, 0) is 42.9 Å². The molecular formula is C17H17F3O2. The van der Waals surface area contributed by atoms with Crippen molar-refractivity contribution in [2.75, 3.05) is 0 Å². The van der Waals surface area contributed by atoms with Gasteiger partial charge in [-0.25, -0.2) is 0 Å². The number of alkyl halides is 3. The van der Waals surface area contributed by atoms with Gasteiger partial charge in [-0.3, -0.25) is 4.79 Å². The molecule has 1 aromatic carbocycles. The Hall–Kier alpha value is -2.04. The third-order valence-electron chi connectivity index (χ3n) is 3.63. The lowest BCUT2D eigenvalue weighted by Gasteiger charge is -2.24. The van der Waals surface area contributed by atoms with E-state index in [1.807, 2.05) is 25.1 Å². The van der Waals surface area contributed by atoms with Gasteiger partial charge in [-0.15, -0.1) is 0 Å². The molecule has 1 atom stereocenters. The number of halogens is 3. The number of hydrogen-bond donors (Lipinski definition) is 1. The van der Waals surface area contributed by atoms with E-state index < -0.39 is 23.3 Å². The van der Waals surface area contributed by atoms with Crippen LogP contribution in [0.15, 0.2) is 41.2 Å². The molecule has 5 heteroatoms. The van der Waals surface area contributed by atoms with Crippen molar-refractivity contribution in [3.63, 3.8) is 0 Å². The van der Waals surface area contributed by atoms with E-state index in [-0.39, 0.29) is 12.3 Å². The third-order valence-corrected chi connectivity index (χ3v) is 3.63. The molecule has 0 aliphatic heterocycles. The van der Waals surface area contributed by atoms with Gasteiger partial charge in [0.15, 0.2) is 0 Å². The highest BCUT2D eigenvalue weighted by Gasteiger charge is 2.43. The SMILES string of the molecule is Cc1cccc(/C=C2\C[C@@H](C)CC(C(=O)C(F)(F)F)=C2O)c1. The van der Waals surface area contributed by atoms with Crippen molar-refractivity contribution in [2.24, 2.45) is 5.92 Å². The fraction of sp³-hybridized carbons (Fsp3) is 0.353. The molecule has 0 aromatic heterocycles. The van der Waals surface area contributed by atoms with Gasteiger partial charge in [0.1, 0.15) is 5.76 Å². The van der Waals surface area contributed by atoms with Crippen LogP contribution in [0.5, 0.6) is 0 Å². The molecule has 0 bridgehead atoms. The molecule has 2 rings (SSSR count). The van der Waals surface area contributed by atoms with Crippen LogP contribution in [0.4, 0.5) is 13.2 Å². The van der Waals surface area contributed by atoms with E-state index in [2.05, 4.69) is 0 Å². The number of carbonyl (C=O) groups excluding carboxylic acids is 1. The average Bonchev–Trinajstić information content (AvgIpc) is 2.40. The molecule has 0 saturated carbocycles. The third kappa shape index (κ3) is 3.59. The van der Waals surface area contributed by atoms with Gasteiger partial charge in [0.25, 0.3) is 5.78 Å². The topological polar surface area (TPSA) is 37.3 Å². The van der Waals surface area contributed by atoms with E-state index in [1.165, 1.54) is 0 Å². The molecule has 118 valence electrons. The van der Waals surface area contributed by atoms with E-state index >= 15 is 0 Å². The number of rotatable bonds is 2. The zero-order chi connectivity index (χ0) is 16.5. The number of benzene rings is 1. The maximum Gasteiger partial charge on any atom is 0.454 e. The first-order valence-corrected chi connectivity index (χ1v) is 6.99. The molecule has 1 N–H and O–H groups in total. The number of ketones is 1. The predicted molar refractivity (Wildman–Crippen MR) is 78.3 cm³/mol. The van der Waals surface area contributed by atoms with E-state index in [0.717, 1.165) is 11.1 Å². The Morgan fingerprint density at radius 1 is 1.32 bits per heavy atom. The van der Waals surface area contributed by atoms with Gasteiger partial charge < -0.3 is 5.11 Å². The van der Waals surface area contributed by atoms with Gasteiger partial charge in [0.2, 0.25) is 0 Å². The van der Waals surface area contributed by atoms with Crippen molar-refractivity contribution >= 4 is 11.9 Å². The lowest BCUT2D eigenvalue weighted by Crippen LogP contribution is -2.28. The molecule has 1 aliphatic rings. The minimum Gasteiger partial charge on any atom is -0.507 e. The minimum atomic E-state index is -4.96. The summed E-state index contributed by atoms with van der Waals surface area (Å²) in [5.74, 6) is -2.61. The summed E-state index contributed by atoms with van der Waals surface area (Å²) in [6, 6.07) is 7.40. The van der Waals surface area contributed by atoms with Crippen molar-refractivity contribution in [3.8, 4) is 0 Å². The first-order chi connectivity index (χ1) is 10.2. The van der Waals surface area contributed by atoms with Crippen LogP contribution in [0.2, 0.25) is 0 Å². The lowest BCUT2D eigenvalue weighted by atomic mass is 9.83. The van der Waals surface area contributed by atoms with Crippen LogP contribution in [-0.2, 0) is 4.79 Å². The Kier molecular flexibility index (Phi) is 4.44.